The maximum Gasteiger partial charge on any atom is 0.249 e. The van der Waals surface area contributed by atoms with Crippen LogP contribution in [0.3, 0.4) is 0 Å². The van der Waals surface area contributed by atoms with Crippen LogP contribution in [0.1, 0.15) is 26.3 Å². The molecule has 1 aliphatic heterocycles. The van der Waals surface area contributed by atoms with Gasteiger partial charge in [-0.1, -0.05) is 19.9 Å². The monoisotopic (exact) mass is 353 g/mol. The molecule has 6 heteroatoms. The molecule has 114 valence electrons. The zero-order chi connectivity index (χ0) is 15.6. The van der Waals surface area contributed by atoms with Gasteiger partial charge < -0.3 is 10.2 Å². The van der Waals surface area contributed by atoms with Crippen molar-refractivity contribution in [1.29, 1.82) is 0 Å². The average molecular weight is 354 g/mol. The molecule has 2 amide bonds. The van der Waals surface area contributed by atoms with Crippen LogP contribution in [0, 0.1) is 0 Å². The van der Waals surface area contributed by atoms with Gasteiger partial charge in [0.1, 0.15) is 6.04 Å². The Hall–Kier alpha value is -1.40. The van der Waals surface area contributed by atoms with Gasteiger partial charge in [-0.3, -0.25) is 14.9 Å². The normalized spacial score (nSPS) is 19.1. The number of benzene rings is 1. The first kappa shape index (κ1) is 16.0. The number of anilines is 1. The molecule has 2 rings (SSSR count). The molecule has 1 aromatic carbocycles. The molecule has 0 radical (unpaired) electrons. The number of amides is 2. The van der Waals surface area contributed by atoms with Crippen molar-refractivity contribution in [3.63, 3.8) is 0 Å². The molecule has 2 N–H and O–H groups in total. The fraction of sp³-hybridized carbons (Fsp3) is 0.467. The van der Waals surface area contributed by atoms with Gasteiger partial charge in [-0.25, -0.2) is 0 Å². The fourth-order valence-corrected chi connectivity index (χ4v) is 2.88. The van der Waals surface area contributed by atoms with Gasteiger partial charge in [0.15, 0.2) is 0 Å². The van der Waals surface area contributed by atoms with Crippen LogP contribution in [-0.2, 0) is 16.1 Å². The Balaban J connectivity index is 2.20. The standard InChI is InChI=1S/C15H20BrN3O2/c1-9(2)17-7-11-4-5-13(12(16)6-11)19-8-14(20)18-15(21)10(19)3/h4-6,9-10,17H,7-8H2,1-3H3,(H,18,20,21). The van der Waals surface area contributed by atoms with Crippen LogP contribution in [0.15, 0.2) is 22.7 Å². The minimum atomic E-state index is -0.362. The molecule has 1 saturated heterocycles. The number of carbonyl (C=O) groups is 2. The summed E-state index contributed by atoms with van der Waals surface area (Å²) in [5, 5.41) is 5.71. The number of nitrogens with one attached hydrogen (secondary N) is 2. The SMILES string of the molecule is CC(C)NCc1ccc(N2CC(=O)NC(=O)C2C)c(Br)c1. The summed E-state index contributed by atoms with van der Waals surface area (Å²) in [6.07, 6.45) is 0. The quantitative estimate of drug-likeness (QED) is 0.810. The number of piperazine rings is 1. The Kier molecular flexibility index (Phi) is 5.00. The molecule has 1 unspecified atom stereocenters. The molecule has 0 saturated carbocycles. The van der Waals surface area contributed by atoms with Gasteiger partial charge in [0.05, 0.1) is 12.2 Å². The highest BCUT2D eigenvalue weighted by Crippen LogP contribution is 2.29. The van der Waals surface area contributed by atoms with Crippen molar-refractivity contribution in [2.45, 2.75) is 39.4 Å². The molecule has 0 aromatic heterocycles. The van der Waals surface area contributed by atoms with E-state index in [2.05, 4.69) is 40.4 Å². The van der Waals surface area contributed by atoms with Crippen molar-refractivity contribution < 1.29 is 9.59 Å². The summed E-state index contributed by atoms with van der Waals surface area (Å²) in [5.41, 5.74) is 2.01. The van der Waals surface area contributed by atoms with E-state index >= 15 is 0 Å². The first-order valence-corrected chi connectivity index (χ1v) is 7.80. The lowest BCUT2D eigenvalue weighted by atomic mass is 10.1. The van der Waals surface area contributed by atoms with Gasteiger partial charge in [0.2, 0.25) is 11.8 Å². The first-order valence-electron chi connectivity index (χ1n) is 7.00. The number of imide groups is 1. The third-order valence-corrected chi connectivity index (χ3v) is 4.09. The largest absolute Gasteiger partial charge is 0.350 e. The van der Waals surface area contributed by atoms with Gasteiger partial charge in [0, 0.05) is 17.1 Å². The summed E-state index contributed by atoms with van der Waals surface area (Å²) in [7, 11) is 0. The number of halogens is 1. The molecule has 1 fully saturated rings. The highest BCUT2D eigenvalue weighted by Gasteiger charge is 2.31. The summed E-state index contributed by atoms with van der Waals surface area (Å²) >= 11 is 3.54. The van der Waals surface area contributed by atoms with Crippen LogP contribution in [0.25, 0.3) is 0 Å². The summed E-state index contributed by atoms with van der Waals surface area (Å²) in [6.45, 7) is 6.97. The second-order valence-electron chi connectivity index (χ2n) is 5.54. The van der Waals surface area contributed by atoms with Crippen molar-refractivity contribution in [2.24, 2.45) is 0 Å². The molecule has 0 bridgehead atoms. The molecule has 1 heterocycles. The second-order valence-corrected chi connectivity index (χ2v) is 6.39. The van der Waals surface area contributed by atoms with E-state index in [0.717, 1.165) is 22.3 Å². The van der Waals surface area contributed by atoms with E-state index in [4.69, 9.17) is 0 Å². The summed E-state index contributed by atoms with van der Waals surface area (Å²) in [5.74, 6) is -0.528. The number of rotatable bonds is 4. The lowest BCUT2D eigenvalue weighted by Crippen LogP contribution is -2.57. The van der Waals surface area contributed by atoms with Crippen molar-refractivity contribution in [2.75, 3.05) is 11.4 Å². The Bertz CT molecular complexity index is 560. The number of carbonyl (C=O) groups excluding carboxylic acids is 2. The maximum absolute atomic E-state index is 11.7. The van der Waals surface area contributed by atoms with E-state index in [-0.39, 0.29) is 24.4 Å². The predicted molar refractivity (Wildman–Crippen MR) is 86.1 cm³/mol. The van der Waals surface area contributed by atoms with Gasteiger partial charge in [-0.15, -0.1) is 0 Å². The van der Waals surface area contributed by atoms with E-state index < -0.39 is 0 Å². The zero-order valence-electron chi connectivity index (χ0n) is 12.4. The van der Waals surface area contributed by atoms with Crippen molar-refractivity contribution in [3.05, 3.63) is 28.2 Å². The van der Waals surface area contributed by atoms with E-state index in [0.29, 0.717) is 6.04 Å². The van der Waals surface area contributed by atoms with Crippen molar-refractivity contribution in [3.8, 4) is 0 Å². The Morgan fingerprint density at radius 3 is 2.76 bits per heavy atom. The topological polar surface area (TPSA) is 61.4 Å². The number of hydrogen-bond donors (Lipinski definition) is 2. The minimum Gasteiger partial charge on any atom is -0.350 e. The summed E-state index contributed by atoms with van der Waals surface area (Å²) < 4.78 is 0.889. The lowest BCUT2D eigenvalue weighted by molar-refractivity contribution is -0.132. The van der Waals surface area contributed by atoms with Crippen LogP contribution in [0.2, 0.25) is 0 Å². The Labute approximate surface area is 133 Å². The zero-order valence-corrected chi connectivity index (χ0v) is 14.0. The van der Waals surface area contributed by atoms with Crippen LogP contribution < -0.4 is 15.5 Å². The molecule has 1 aliphatic rings. The van der Waals surface area contributed by atoms with Crippen LogP contribution in [0.5, 0.6) is 0 Å². The van der Waals surface area contributed by atoms with Gasteiger partial charge in [-0.2, -0.15) is 0 Å². The molecule has 0 aliphatic carbocycles. The Morgan fingerprint density at radius 2 is 2.14 bits per heavy atom. The van der Waals surface area contributed by atoms with Gasteiger partial charge >= 0.3 is 0 Å². The molecule has 1 atom stereocenters. The lowest BCUT2D eigenvalue weighted by Gasteiger charge is -2.34. The van der Waals surface area contributed by atoms with Crippen molar-refractivity contribution >= 4 is 33.4 Å². The molecular formula is C15H20BrN3O2. The predicted octanol–water partition coefficient (Wildman–Crippen LogP) is 1.80. The Morgan fingerprint density at radius 1 is 1.43 bits per heavy atom. The van der Waals surface area contributed by atoms with E-state index in [1.165, 1.54) is 0 Å². The first-order chi connectivity index (χ1) is 9.88. The highest BCUT2D eigenvalue weighted by atomic mass is 79.9. The van der Waals surface area contributed by atoms with Gasteiger partial charge in [-0.05, 0) is 40.5 Å². The third-order valence-electron chi connectivity index (χ3n) is 3.46. The van der Waals surface area contributed by atoms with Crippen LogP contribution in [-0.4, -0.2) is 30.4 Å². The van der Waals surface area contributed by atoms with Crippen LogP contribution in [0.4, 0.5) is 5.69 Å². The fourth-order valence-electron chi connectivity index (χ4n) is 2.22. The second kappa shape index (κ2) is 6.58. The number of hydrogen-bond acceptors (Lipinski definition) is 4. The molecular weight excluding hydrogens is 334 g/mol. The number of nitrogens with zero attached hydrogens (tertiary/aromatic N) is 1. The summed E-state index contributed by atoms with van der Waals surface area (Å²) in [6, 6.07) is 6.04. The van der Waals surface area contributed by atoms with E-state index in [1.807, 2.05) is 23.1 Å². The van der Waals surface area contributed by atoms with Crippen molar-refractivity contribution in [1.82, 2.24) is 10.6 Å². The third kappa shape index (κ3) is 3.83. The molecule has 1 aromatic rings. The molecule has 21 heavy (non-hydrogen) atoms. The van der Waals surface area contributed by atoms with E-state index in [1.54, 1.807) is 6.92 Å². The molecule has 0 spiro atoms. The van der Waals surface area contributed by atoms with Gasteiger partial charge in [0.25, 0.3) is 0 Å². The van der Waals surface area contributed by atoms with Crippen LogP contribution >= 0.6 is 15.9 Å². The van der Waals surface area contributed by atoms with E-state index in [9.17, 15) is 9.59 Å². The average Bonchev–Trinajstić information content (AvgIpc) is 2.41. The minimum absolute atomic E-state index is 0.190. The smallest absolute Gasteiger partial charge is 0.249 e. The molecule has 5 nitrogen and oxygen atoms in total. The summed E-state index contributed by atoms with van der Waals surface area (Å²) in [4.78, 5) is 25.1. The maximum atomic E-state index is 11.7. The highest BCUT2D eigenvalue weighted by molar-refractivity contribution is 9.10.